The molecule has 1 rings (SSSR count). The first kappa shape index (κ1) is 17.6. The van der Waals surface area contributed by atoms with Gasteiger partial charge in [0.25, 0.3) is 5.91 Å². The molecule has 4 nitrogen and oxygen atoms in total. The van der Waals surface area contributed by atoms with Crippen LogP contribution in [0, 0.1) is 0 Å². The molecule has 0 bridgehead atoms. The molecule has 0 aromatic heterocycles. The number of carboxylic acid groups (broad SMARTS) is 1. The van der Waals surface area contributed by atoms with E-state index in [0.717, 1.165) is 4.90 Å². The summed E-state index contributed by atoms with van der Waals surface area (Å²) in [6, 6.07) is 7.47. The van der Waals surface area contributed by atoms with Crippen molar-refractivity contribution in [3.63, 3.8) is 0 Å². The van der Waals surface area contributed by atoms with Crippen LogP contribution in [0.5, 0.6) is 0 Å². The lowest BCUT2D eigenvalue weighted by Gasteiger charge is -2.25. The van der Waals surface area contributed by atoms with Gasteiger partial charge in [0.1, 0.15) is 0 Å². The zero-order valence-electron chi connectivity index (χ0n) is 13.0. The smallest absolute Gasteiger partial charge is 0.303 e. The van der Waals surface area contributed by atoms with Crippen molar-refractivity contribution in [2.75, 3.05) is 0 Å². The van der Waals surface area contributed by atoms with Crippen molar-refractivity contribution in [2.24, 2.45) is 0 Å². The van der Waals surface area contributed by atoms with Crippen molar-refractivity contribution in [3.8, 4) is 0 Å². The molecular weight excluding hydrogens is 286 g/mol. The summed E-state index contributed by atoms with van der Waals surface area (Å²) in [5.41, 5.74) is 0.0485. The third-order valence-corrected chi connectivity index (χ3v) is 3.92. The van der Waals surface area contributed by atoms with Crippen LogP contribution in [0.15, 0.2) is 29.2 Å². The Morgan fingerprint density at radius 2 is 1.81 bits per heavy atom. The van der Waals surface area contributed by atoms with E-state index >= 15 is 0 Å². The molecular formula is C16H23NO3S. The summed E-state index contributed by atoms with van der Waals surface area (Å²) in [6.45, 7) is 7.90. The Labute approximate surface area is 130 Å². The lowest BCUT2D eigenvalue weighted by atomic mass is 9.98. The highest BCUT2D eigenvalue weighted by Gasteiger charge is 2.22. The summed E-state index contributed by atoms with van der Waals surface area (Å²) >= 11 is 1.75. The lowest BCUT2D eigenvalue weighted by molar-refractivity contribution is -0.137. The topological polar surface area (TPSA) is 66.4 Å². The monoisotopic (exact) mass is 309 g/mol. The molecule has 0 saturated carbocycles. The van der Waals surface area contributed by atoms with Crippen LogP contribution in [-0.2, 0) is 4.79 Å². The summed E-state index contributed by atoms with van der Waals surface area (Å²) < 4.78 is 0. The average Bonchev–Trinajstić information content (AvgIpc) is 2.36. The molecule has 0 aliphatic rings. The molecule has 1 aromatic carbocycles. The highest BCUT2D eigenvalue weighted by molar-refractivity contribution is 7.99. The standard InChI is InChI=1S/C16H23NO3S/c1-11(2)21-13-7-5-12(6-8-13)15(20)17-16(3,4)10-9-14(18)19/h5-8,11H,9-10H2,1-4H3,(H,17,20)(H,18,19). The molecule has 0 fully saturated rings. The van der Waals surface area contributed by atoms with Crippen LogP contribution in [0.1, 0.15) is 50.9 Å². The van der Waals surface area contributed by atoms with E-state index < -0.39 is 11.5 Å². The zero-order valence-corrected chi connectivity index (χ0v) is 13.8. The summed E-state index contributed by atoms with van der Waals surface area (Å²) in [4.78, 5) is 23.9. The SMILES string of the molecule is CC(C)Sc1ccc(C(=O)NC(C)(C)CCC(=O)O)cc1. The summed E-state index contributed by atoms with van der Waals surface area (Å²) in [5, 5.41) is 12.1. The maximum absolute atomic E-state index is 12.2. The zero-order chi connectivity index (χ0) is 16.0. The van der Waals surface area contributed by atoms with Gasteiger partial charge in [-0.05, 0) is 44.5 Å². The van der Waals surface area contributed by atoms with Crippen molar-refractivity contribution >= 4 is 23.6 Å². The second-order valence-corrected chi connectivity index (χ2v) is 7.57. The van der Waals surface area contributed by atoms with Gasteiger partial charge >= 0.3 is 5.97 Å². The van der Waals surface area contributed by atoms with Crippen molar-refractivity contribution in [3.05, 3.63) is 29.8 Å². The molecule has 0 radical (unpaired) electrons. The number of rotatable bonds is 7. The molecule has 1 aromatic rings. The van der Waals surface area contributed by atoms with E-state index in [1.165, 1.54) is 0 Å². The number of thioether (sulfide) groups is 1. The maximum atomic E-state index is 12.2. The second kappa shape index (κ2) is 7.50. The summed E-state index contributed by atoms with van der Waals surface area (Å²) in [7, 11) is 0. The Morgan fingerprint density at radius 3 is 2.29 bits per heavy atom. The predicted octanol–water partition coefficient (Wildman–Crippen LogP) is 3.56. The molecule has 0 unspecified atom stereocenters. The molecule has 2 N–H and O–H groups in total. The van der Waals surface area contributed by atoms with Crippen molar-refractivity contribution in [1.29, 1.82) is 0 Å². The Balaban J connectivity index is 2.64. The van der Waals surface area contributed by atoms with E-state index in [1.54, 1.807) is 23.9 Å². The van der Waals surface area contributed by atoms with Crippen molar-refractivity contribution in [2.45, 2.75) is 56.2 Å². The van der Waals surface area contributed by atoms with E-state index in [9.17, 15) is 9.59 Å². The number of hydrogen-bond donors (Lipinski definition) is 2. The first-order valence-electron chi connectivity index (χ1n) is 7.00. The highest BCUT2D eigenvalue weighted by atomic mass is 32.2. The van der Waals surface area contributed by atoms with Gasteiger partial charge in [-0.25, -0.2) is 0 Å². The van der Waals surface area contributed by atoms with Gasteiger partial charge in [-0.1, -0.05) is 13.8 Å². The molecule has 5 heteroatoms. The minimum absolute atomic E-state index is 0.0389. The fourth-order valence-electron chi connectivity index (χ4n) is 1.82. The summed E-state index contributed by atoms with van der Waals surface area (Å²) in [5.74, 6) is -1.03. The van der Waals surface area contributed by atoms with Crippen LogP contribution in [0.3, 0.4) is 0 Å². The van der Waals surface area contributed by atoms with Gasteiger partial charge < -0.3 is 10.4 Å². The molecule has 0 spiro atoms. The van der Waals surface area contributed by atoms with E-state index in [4.69, 9.17) is 5.11 Å². The Hall–Kier alpha value is -1.49. The fourth-order valence-corrected chi connectivity index (χ4v) is 2.66. The van der Waals surface area contributed by atoms with E-state index in [2.05, 4.69) is 19.2 Å². The van der Waals surface area contributed by atoms with Gasteiger partial charge in [0.2, 0.25) is 0 Å². The van der Waals surface area contributed by atoms with Crippen LogP contribution in [0.25, 0.3) is 0 Å². The van der Waals surface area contributed by atoms with Gasteiger partial charge in [-0.3, -0.25) is 9.59 Å². The number of nitrogens with one attached hydrogen (secondary N) is 1. The van der Waals surface area contributed by atoms with Gasteiger partial charge in [-0.15, -0.1) is 11.8 Å². The van der Waals surface area contributed by atoms with E-state index in [1.807, 2.05) is 26.0 Å². The first-order chi connectivity index (χ1) is 9.69. The third kappa shape index (κ3) is 6.67. The molecule has 0 heterocycles. The van der Waals surface area contributed by atoms with Crippen LogP contribution >= 0.6 is 11.8 Å². The Bertz CT molecular complexity index is 495. The number of carbonyl (C=O) groups excluding carboxylic acids is 1. The minimum atomic E-state index is -0.854. The van der Waals surface area contributed by atoms with Crippen molar-refractivity contribution < 1.29 is 14.7 Å². The highest BCUT2D eigenvalue weighted by Crippen LogP contribution is 2.23. The van der Waals surface area contributed by atoms with Gasteiger partial charge in [0.15, 0.2) is 0 Å². The number of hydrogen-bond acceptors (Lipinski definition) is 3. The van der Waals surface area contributed by atoms with Gasteiger partial charge in [-0.2, -0.15) is 0 Å². The van der Waals surface area contributed by atoms with Crippen LogP contribution in [0.2, 0.25) is 0 Å². The largest absolute Gasteiger partial charge is 0.481 e. The van der Waals surface area contributed by atoms with E-state index in [-0.39, 0.29) is 12.3 Å². The predicted molar refractivity (Wildman–Crippen MR) is 85.9 cm³/mol. The molecule has 0 aliphatic heterocycles. The Kier molecular flexibility index (Phi) is 6.27. The average molecular weight is 309 g/mol. The number of amides is 1. The van der Waals surface area contributed by atoms with Crippen LogP contribution in [0.4, 0.5) is 0 Å². The molecule has 1 amide bonds. The number of aliphatic carboxylic acids is 1. The van der Waals surface area contributed by atoms with Gasteiger partial charge in [0.05, 0.1) is 0 Å². The van der Waals surface area contributed by atoms with Gasteiger partial charge in [0, 0.05) is 27.7 Å². The Morgan fingerprint density at radius 1 is 1.24 bits per heavy atom. The molecule has 0 aliphatic carbocycles. The summed E-state index contributed by atoms with van der Waals surface area (Å²) in [6.07, 6.45) is 0.437. The third-order valence-electron chi connectivity index (χ3n) is 2.90. The maximum Gasteiger partial charge on any atom is 0.303 e. The number of carboxylic acids is 1. The molecule has 116 valence electrons. The molecule has 0 saturated heterocycles. The molecule has 0 atom stereocenters. The number of carbonyl (C=O) groups is 2. The fraction of sp³-hybridized carbons (Fsp3) is 0.500. The van der Waals surface area contributed by atoms with Crippen LogP contribution in [-0.4, -0.2) is 27.8 Å². The van der Waals surface area contributed by atoms with Crippen molar-refractivity contribution in [1.82, 2.24) is 5.32 Å². The normalized spacial score (nSPS) is 11.5. The van der Waals surface area contributed by atoms with E-state index in [0.29, 0.717) is 17.2 Å². The lowest BCUT2D eigenvalue weighted by Crippen LogP contribution is -2.43. The second-order valence-electron chi connectivity index (χ2n) is 5.92. The van der Waals surface area contributed by atoms with Crippen LogP contribution < -0.4 is 5.32 Å². The first-order valence-corrected chi connectivity index (χ1v) is 7.88. The number of benzene rings is 1. The quantitative estimate of drug-likeness (QED) is 0.756. The molecule has 21 heavy (non-hydrogen) atoms. The minimum Gasteiger partial charge on any atom is -0.481 e.